The van der Waals surface area contributed by atoms with Gasteiger partial charge in [-0.1, -0.05) is 18.0 Å². The highest BCUT2D eigenvalue weighted by Gasteiger charge is 2.13. The number of likely N-dealkylation sites (tertiary alicyclic amines) is 1. The van der Waals surface area contributed by atoms with E-state index in [2.05, 4.69) is 9.99 Å². The molecule has 0 N–H and O–H groups in total. The molecular formula is C9H16N2O2. The van der Waals surface area contributed by atoms with E-state index in [4.69, 9.17) is 0 Å². The summed E-state index contributed by atoms with van der Waals surface area (Å²) in [4.78, 5) is 17.7. The van der Waals surface area contributed by atoms with Crippen molar-refractivity contribution in [2.45, 2.75) is 25.7 Å². The summed E-state index contributed by atoms with van der Waals surface area (Å²) in [5, 5.41) is 3.46. The lowest BCUT2D eigenvalue weighted by Gasteiger charge is -2.17. The quantitative estimate of drug-likeness (QED) is 0.475. The number of oxime groups is 1. The molecule has 4 heteroatoms. The summed E-state index contributed by atoms with van der Waals surface area (Å²) in [6.07, 6.45) is 5.90. The molecule has 0 aliphatic carbocycles. The van der Waals surface area contributed by atoms with Gasteiger partial charge in [0.15, 0.2) is 0 Å². The van der Waals surface area contributed by atoms with Crippen molar-refractivity contribution in [3.05, 3.63) is 0 Å². The minimum atomic E-state index is -0.0382. The number of hydrogen-bond donors (Lipinski definition) is 0. The lowest BCUT2D eigenvalue weighted by molar-refractivity contribution is -0.123. The first-order valence-corrected chi connectivity index (χ1v) is 4.70. The van der Waals surface area contributed by atoms with E-state index in [0.29, 0.717) is 0 Å². The first-order valence-electron chi connectivity index (χ1n) is 4.70. The van der Waals surface area contributed by atoms with E-state index in [1.807, 2.05) is 4.90 Å². The van der Waals surface area contributed by atoms with Gasteiger partial charge in [-0.2, -0.15) is 0 Å². The molecule has 0 aromatic heterocycles. The SMILES string of the molecule is CO/N=C/C(=O)N1CCCCCC1. The van der Waals surface area contributed by atoms with Crippen LogP contribution in [-0.2, 0) is 9.63 Å². The van der Waals surface area contributed by atoms with Crippen LogP contribution in [0.15, 0.2) is 5.16 Å². The highest BCUT2D eigenvalue weighted by molar-refractivity contribution is 6.25. The van der Waals surface area contributed by atoms with Crippen molar-refractivity contribution in [3.63, 3.8) is 0 Å². The molecule has 1 rings (SSSR count). The second-order valence-electron chi connectivity index (χ2n) is 3.16. The van der Waals surface area contributed by atoms with Gasteiger partial charge in [0.2, 0.25) is 0 Å². The van der Waals surface area contributed by atoms with Crippen molar-refractivity contribution in [2.24, 2.45) is 5.16 Å². The van der Waals surface area contributed by atoms with Gasteiger partial charge in [-0.05, 0) is 12.8 Å². The minimum Gasteiger partial charge on any atom is -0.399 e. The zero-order valence-electron chi connectivity index (χ0n) is 8.03. The van der Waals surface area contributed by atoms with Gasteiger partial charge in [0.1, 0.15) is 13.3 Å². The van der Waals surface area contributed by atoms with E-state index in [1.165, 1.54) is 26.2 Å². The molecule has 1 heterocycles. The van der Waals surface area contributed by atoms with E-state index in [-0.39, 0.29) is 5.91 Å². The summed E-state index contributed by atoms with van der Waals surface area (Å²) in [5.41, 5.74) is 0. The van der Waals surface area contributed by atoms with Crippen molar-refractivity contribution in [3.8, 4) is 0 Å². The molecule has 1 fully saturated rings. The molecule has 1 saturated heterocycles. The molecule has 0 aromatic rings. The van der Waals surface area contributed by atoms with Crippen LogP contribution in [0.5, 0.6) is 0 Å². The van der Waals surface area contributed by atoms with Gasteiger partial charge >= 0.3 is 0 Å². The highest BCUT2D eigenvalue weighted by Crippen LogP contribution is 2.08. The van der Waals surface area contributed by atoms with Crippen molar-refractivity contribution in [2.75, 3.05) is 20.2 Å². The Morgan fingerprint density at radius 1 is 1.31 bits per heavy atom. The number of rotatable bonds is 2. The average molecular weight is 184 g/mol. The van der Waals surface area contributed by atoms with Crippen LogP contribution < -0.4 is 0 Å². The molecule has 0 aromatic carbocycles. The molecule has 1 amide bonds. The molecule has 0 radical (unpaired) electrons. The summed E-state index contributed by atoms with van der Waals surface area (Å²) < 4.78 is 0. The van der Waals surface area contributed by atoms with E-state index >= 15 is 0 Å². The van der Waals surface area contributed by atoms with Gasteiger partial charge in [0.25, 0.3) is 5.91 Å². The summed E-state index contributed by atoms with van der Waals surface area (Å²) in [6, 6.07) is 0. The van der Waals surface area contributed by atoms with E-state index in [9.17, 15) is 4.79 Å². The zero-order valence-corrected chi connectivity index (χ0v) is 8.03. The standard InChI is InChI=1S/C9H16N2O2/c1-13-10-8-9(12)11-6-4-2-3-5-7-11/h8H,2-7H2,1H3/b10-8+. The van der Waals surface area contributed by atoms with Crippen LogP contribution in [0.25, 0.3) is 0 Å². The molecule has 1 aliphatic heterocycles. The molecule has 74 valence electrons. The van der Waals surface area contributed by atoms with Gasteiger partial charge < -0.3 is 9.74 Å². The Hall–Kier alpha value is -1.06. The Morgan fingerprint density at radius 2 is 1.92 bits per heavy atom. The second-order valence-corrected chi connectivity index (χ2v) is 3.16. The molecule has 0 saturated carbocycles. The fraction of sp³-hybridized carbons (Fsp3) is 0.778. The number of carbonyl (C=O) groups is 1. The molecule has 0 bridgehead atoms. The van der Waals surface area contributed by atoms with Gasteiger partial charge in [-0.3, -0.25) is 4.79 Å². The topological polar surface area (TPSA) is 41.9 Å². The second kappa shape index (κ2) is 5.56. The Balaban J connectivity index is 2.39. The third kappa shape index (κ3) is 3.44. The van der Waals surface area contributed by atoms with E-state index in [0.717, 1.165) is 25.9 Å². The van der Waals surface area contributed by atoms with Crippen LogP contribution in [0.4, 0.5) is 0 Å². The maximum atomic E-state index is 11.4. The summed E-state index contributed by atoms with van der Waals surface area (Å²) >= 11 is 0. The number of nitrogens with zero attached hydrogens (tertiary/aromatic N) is 2. The number of carbonyl (C=O) groups excluding carboxylic acids is 1. The predicted octanol–water partition coefficient (Wildman–Crippen LogP) is 1.02. The van der Waals surface area contributed by atoms with Crippen LogP contribution in [0, 0.1) is 0 Å². The van der Waals surface area contributed by atoms with Crippen LogP contribution in [-0.4, -0.2) is 37.2 Å². The Bertz CT molecular complexity index is 184. The summed E-state index contributed by atoms with van der Waals surface area (Å²) in [5.74, 6) is -0.0382. The van der Waals surface area contributed by atoms with Gasteiger partial charge in [-0.15, -0.1) is 0 Å². The van der Waals surface area contributed by atoms with Crippen molar-refractivity contribution >= 4 is 12.1 Å². The molecular weight excluding hydrogens is 168 g/mol. The van der Waals surface area contributed by atoms with E-state index in [1.54, 1.807) is 0 Å². The van der Waals surface area contributed by atoms with Crippen LogP contribution in [0.3, 0.4) is 0 Å². The maximum Gasteiger partial charge on any atom is 0.268 e. The smallest absolute Gasteiger partial charge is 0.268 e. The first-order chi connectivity index (χ1) is 6.34. The van der Waals surface area contributed by atoms with Crippen LogP contribution in [0.1, 0.15) is 25.7 Å². The van der Waals surface area contributed by atoms with Crippen LogP contribution in [0.2, 0.25) is 0 Å². The first kappa shape index (κ1) is 10.0. The summed E-state index contributed by atoms with van der Waals surface area (Å²) in [7, 11) is 1.44. The molecule has 1 aliphatic rings. The fourth-order valence-corrected chi connectivity index (χ4v) is 1.47. The normalized spacial score (nSPS) is 18.7. The molecule has 4 nitrogen and oxygen atoms in total. The predicted molar refractivity (Wildman–Crippen MR) is 50.5 cm³/mol. The monoisotopic (exact) mass is 184 g/mol. The number of hydrogen-bond acceptors (Lipinski definition) is 3. The van der Waals surface area contributed by atoms with E-state index < -0.39 is 0 Å². The summed E-state index contributed by atoms with van der Waals surface area (Å²) in [6.45, 7) is 1.71. The highest BCUT2D eigenvalue weighted by atomic mass is 16.6. The van der Waals surface area contributed by atoms with Crippen molar-refractivity contribution in [1.29, 1.82) is 0 Å². The minimum absolute atomic E-state index is 0.0382. The molecule has 13 heavy (non-hydrogen) atoms. The Labute approximate surface area is 78.5 Å². The number of amides is 1. The van der Waals surface area contributed by atoms with Gasteiger partial charge in [0, 0.05) is 13.1 Å². The van der Waals surface area contributed by atoms with Gasteiger partial charge in [0.05, 0.1) is 0 Å². The Morgan fingerprint density at radius 3 is 2.46 bits per heavy atom. The lowest BCUT2D eigenvalue weighted by atomic mass is 10.2. The Kier molecular flexibility index (Phi) is 4.29. The fourth-order valence-electron chi connectivity index (χ4n) is 1.47. The molecule has 0 spiro atoms. The van der Waals surface area contributed by atoms with Crippen LogP contribution >= 0.6 is 0 Å². The third-order valence-corrected chi connectivity index (χ3v) is 2.19. The molecule has 0 unspecified atom stereocenters. The maximum absolute atomic E-state index is 11.4. The zero-order chi connectivity index (χ0) is 9.52. The van der Waals surface area contributed by atoms with Crippen molar-refractivity contribution in [1.82, 2.24) is 4.90 Å². The largest absolute Gasteiger partial charge is 0.399 e. The average Bonchev–Trinajstić information content (AvgIpc) is 2.42. The third-order valence-electron chi connectivity index (χ3n) is 2.19. The molecule has 0 atom stereocenters. The van der Waals surface area contributed by atoms with Gasteiger partial charge in [-0.25, -0.2) is 0 Å². The lowest BCUT2D eigenvalue weighted by Crippen LogP contribution is -2.32. The van der Waals surface area contributed by atoms with Crippen molar-refractivity contribution < 1.29 is 9.63 Å².